The van der Waals surface area contributed by atoms with Crippen LogP contribution >= 0.6 is 0 Å². The predicted octanol–water partition coefficient (Wildman–Crippen LogP) is 2.68. The zero-order chi connectivity index (χ0) is 13.8. The first kappa shape index (κ1) is 12.7. The number of rotatable bonds is 5. The molecule has 0 bridgehead atoms. The third kappa shape index (κ3) is 2.65. The summed E-state index contributed by atoms with van der Waals surface area (Å²) in [6, 6.07) is 12.3. The number of anilines is 1. The highest BCUT2D eigenvalue weighted by Crippen LogP contribution is 2.18. The van der Waals surface area contributed by atoms with Gasteiger partial charge in [0.1, 0.15) is 5.82 Å². The molecule has 1 aromatic carbocycles. The number of benzene rings is 1. The van der Waals surface area contributed by atoms with Crippen LogP contribution in [0.5, 0.6) is 0 Å². The summed E-state index contributed by atoms with van der Waals surface area (Å²) >= 11 is 0. The van der Waals surface area contributed by atoms with E-state index >= 15 is 0 Å². The van der Waals surface area contributed by atoms with Crippen LogP contribution in [0.15, 0.2) is 48.8 Å². The minimum absolute atomic E-state index is 0.530. The minimum Gasteiger partial charge on any atom is -0.370 e. The van der Waals surface area contributed by atoms with Crippen LogP contribution in [0.1, 0.15) is 11.1 Å². The fourth-order valence-electron chi connectivity index (χ4n) is 2.31. The number of pyridine rings is 1. The van der Waals surface area contributed by atoms with Gasteiger partial charge in [-0.3, -0.25) is 0 Å². The highest BCUT2D eigenvalue weighted by atomic mass is 15.0. The van der Waals surface area contributed by atoms with E-state index in [-0.39, 0.29) is 0 Å². The van der Waals surface area contributed by atoms with E-state index in [0.29, 0.717) is 6.54 Å². The Balaban J connectivity index is 1.62. The van der Waals surface area contributed by atoms with Gasteiger partial charge in [0.25, 0.3) is 0 Å². The Hall–Kier alpha value is -2.33. The summed E-state index contributed by atoms with van der Waals surface area (Å²) in [5, 5.41) is 4.63. The van der Waals surface area contributed by atoms with Crippen molar-refractivity contribution in [3.05, 3.63) is 59.9 Å². The number of hydrogen-bond acceptors (Lipinski definition) is 3. The molecule has 0 amide bonds. The van der Waals surface area contributed by atoms with Crippen LogP contribution in [0.2, 0.25) is 0 Å². The number of aromatic nitrogens is 2. The van der Waals surface area contributed by atoms with Gasteiger partial charge in [0.15, 0.2) is 0 Å². The van der Waals surface area contributed by atoms with Gasteiger partial charge in [-0.2, -0.15) is 0 Å². The normalized spacial score (nSPS) is 10.8. The molecule has 0 aliphatic carbocycles. The fraction of sp³-hybridized carbons (Fsp3) is 0.188. The summed E-state index contributed by atoms with van der Waals surface area (Å²) < 4.78 is 0. The first-order valence-corrected chi connectivity index (χ1v) is 6.80. The van der Waals surface area contributed by atoms with Crippen molar-refractivity contribution in [3.63, 3.8) is 0 Å². The fourth-order valence-corrected chi connectivity index (χ4v) is 2.31. The van der Waals surface area contributed by atoms with Crippen LogP contribution in [0.25, 0.3) is 10.9 Å². The van der Waals surface area contributed by atoms with E-state index in [4.69, 9.17) is 5.73 Å². The van der Waals surface area contributed by atoms with Gasteiger partial charge in [-0.1, -0.05) is 24.3 Å². The number of para-hydroxylation sites is 1. The average Bonchev–Trinajstić information content (AvgIpc) is 2.92. The first-order valence-electron chi connectivity index (χ1n) is 6.80. The van der Waals surface area contributed by atoms with Crippen molar-refractivity contribution in [1.82, 2.24) is 9.97 Å². The van der Waals surface area contributed by atoms with Crippen LogP contribution in [-0.2, 0) is 13.0 Å². The number of nitrogens with two attached hydrogens (primary N) is 1. The maximum absolute atomic E-state index is 5.55. The van der Waals surface area contributed by atoms with Crippen molar-refractivity contribution in [2.24, 2.45) is 5.73 Å². The van der Waals surface area contributed by atoms with Crippen molar-refractivity contribution < 1.29 is 0 Å². The molecule has 0 saturated carbocycles. The summed E-state index contributed by atoms with van der Waals surface area (Å²) in [5.41, 5.74) is 9.11. The number of nitrogens with one attached hydrogen (secondary N) is 2. The Morgan fingerprint density at radius 1 is 1.15 bits per heavy atom. The summed E-state index contributed by atoms with van der Waals surface area (Å²) in [4.78, 5) is 7.63. The predicted molar refractivity (Wildman–Crippen MR) is 82.6 cm³/mol. The van der Waals surface area contributed by atoms with Crippen LogP contribution in [0.4, 0.5) is 5.82 Å². The second-order valence-corrected chi connectivity index (χ2v) is 4.79. The van der Waals surface area contributed by atoms with Crippen LogP contribution in [-0.4, -0.2) is 16.5 Å². The van der Waals surface area contributed by atoms with Gasteiger partial charge < -0.3 is 16.0 Å². The van der Waals surface area contributed by atoms with Gasteiger partial charge in [0.05, 0.1) is 0 Å². The van der Waals surface area contributed by atoms with Gasteiger partial charge >= 0.3 is 0 Å². The standard InChI is InChI=1S/C16H18N4/c17-9-12-5-6-16(20-10-12)18-8-7-13-11-19-15-4-2-1-3-14(13)15/h1-6,10-11,19H,7-9,17H2,(H,18,20). The van der Waals surface area contributed by atoms with Crippen LogP contribution < -0.4 is 11.1 Å². The van der Waals surface area contributed by atoms with Crippen LogP contribution in [0, 0.1) is 0 Å². The molecule has 4 N–H and O–H groups in total. The van der Waals surface area contributed by atoms with E-state index in [0.717, 1.165) is 24.3 Å². The Morgan fingerprint density at radius 3 is 2.85 bits per heavy atom. The lowest BCUT2D eigenvalue weighted by atomic mass is 10.1. The van der Waals surface area contributed by atoms with E-state index in [1.165, 1.54) is 16.5 Å². The van der Waals surface area contributed by atoms with Crippen molar-refractivity contribution in [3.8, 4) is 0 Å². The SMILES string of the molecule is NCc1ccc(NCCc2c[nH]c3ccccc23)nc1. The van der Waals surface area contributed by atoms with Crippen molar-refractivity contribution in [2.75, 3.05) is 11.9 Å². The van der Waals surface area contributed by atoms with E-state index in [1.54, 1.807) is 0 Å². The average molecular weight is 266 g/mol. The van der Waals surface area contributed by atoms with Crippen molar-refractivity contribution in [1.29, 1.82) is 0 Å². The molecule has 2 heterocycles. The van der Waals surface area contributed by atoms with Gasteiger partial charge in [-0.25, -0.2) is 4.98 Å². The van der Waals surface area contributed by atoms with Gasteiger partial charge in [-0.05, 0) is 29.7 Å². The molecule has 0 spiro atoms. The zero-order valence-electron chi connectivity index (χ0n) is 11.3. The Bertz CT molecular complexity index is 685. The number of nitrogens with zero attached hydrogens (tertiary/aromatic N) is 1. The summed E-state index contributed by atoms with van der Waals surface area (Å²) in [7, 11) is 0. The molecule has 102 valence electrons. The van der Waals surface area contributed by atoms with Gasteiger partial charge in [0.2, 0.25) is 0 Å². The molecular weight excluding hydrogens is 248 g/mol. The molecule has 3 rings (SSSR count). The molecule has 2 aromatic heterocycles. The molecule has 0 unspecified atom stereocenters. The van der Waals surface area contributed by atoms with E-state index in [2.05, 4.69) is 39.7 Å². The quantitative estimate of drug-likeness (QED) is 0.665. The monoisotopic (exact) mass is 266 g/mol. The first-order chi connectivity index (χ1) is 9.86. The second-order valence-electron chi connectivity index (χ2n) is 4.79. The second kappa shape index (κ2) is 5.75. The molecule has 0 aliphatic rings. The number of fused-ring (bicyclic) bond motifs is 1. The van der Waals surface area contributed by atoms with Crippen molar-refractivity contribution >= 4 is 16.7 Å². The molecule has 4 heteroatoms. The lowest BCUT2D eigenvalue weighted by Crippen LogP contribution is -2.06. The summed E-state index contributed by atoms with van der Waals surface area (Å²) in [6.07, 6.45) is 4.86. The number of H-pyrrole nitrogens is 1. The highest BCUT2D eigenvalue weighted by molar-refractivity contribution is 5.83. The molecule has 4 nitrogen and oxygen atoms in total. The molecule has 3 aromatic rings. The highest BCUT2D eigenvalue weighted by Gasteiger charge is 2.02. The Labute approximate surface area is 118 Å². The van der Waals surface area contributed by atoms with E-state index in [1.807, 2.05) is 24.4 Å². The van der Waals surface area contributed by atoms with Gasteiger partial charge in [-0.15, -0.1) is 0 Å². The van der Waals surface area contributed by atoms with Gasteiger partial charge in [0, 0.05) is 36.4 Å². The molecule has 20 heavy (non-hydrogen) atoms. The maximum atomic E-state index is 5.55. The number of hydrogen-bond donors (Lipinski definition) is 3. The van der Waals surface area contributed by atoms with Crippen LogP contribution in [0.3, 0.4) is 0 Å². The van der Waals surface area contributed by atoms with E-state index < -0.39 is 0 Å². The zero-order valence-corrected chi connectivity index (χ0v) is 11.3. The summed E-state index contributed by atoms with van der Waals surface area (Å²) in [5.74, 6) is 0.891. The largest absolute Gasteiger partial charge is 0.370 e. The summed E-state index contributed by atoms with van der Waals surface area (Å²) in [6.45, 7) is 1.39. The lowest BCUT2D eigenvalue weighted by molar-refractivity contribution is 1.00. The van der Waals surface area contributed by atoms with E-state index in [9.17, 15) is 0 Å². The molecule has 0 atom stereocenters. The third-order valence-electron chi connectivity index (χ3n) is 3.44. The Kier molecular flexibility index (Phi) is 3.65. The molecular formula is C16H18N4. The molecule has 0 radical (unpaired) electrons. The lowest BCUT2D eigenvalue weighted by Gasteiger charge is -2.05. The minimum atomic E-state index is 0.530. The van der Waals surface area contributed by atoms with Crippen molar-refractivity contribution in [2.45, 2.75) is 13.0 Å². The smallest absolute Gasteiger partial charge is 0.125 e. The molecule has 0 saturated heterocycles. The number of aromatic amines is 1. The third-order valence-corrected chi connectivity index (χ3v) is 3.44. The molecule has 0 fully saturated rings. The Morgan fingerprint density at radius 2 is 2.05 bits per heavy atom. The topological polar surface area (TPSA) is 66.7 Å². The molecule has 0 aliphatic heterocycles. The maximum Gasteiger partial charge on any atom is 0.125 e.